The van der Waals surface area contributed by atoms with E-state index in [-0.39, 0.29) is 33.0 Å². The van der Waals surface area contributed by atoms with E-state index in [9.17, 15) is 17.6 Å². The lowest BCUT2D eigenvalue weighted by Gasteiger charge is -2.15. The molecule has 1 unspecified atom stereocenters. The Labute approximate surface area is 179 Å². The molecule has 0 aliphatic heterocycles. The Morgan fingerprint density at radius 3 is 2.23 bits per heavy atom. The van der Waals surface area contributed by atoms with E-state index in [4.69, 9.17) is 11.6 Å². The van der Waals surface area contributed by atoms with Crippen LogP contribution in [-0.2, 0) is 10.0 Å². The Kier molecular flexibility index (Phi) is 6.43. The van der Waals surface area contributed by atoms with Crippen molar-refractivity contribution in [3.63, 3.8) is 0 Å². The first kappa shape index (κ1) is 21.8. The maximum absolute atomic E-state index is 13.1. The second-order valence-corrected chi connectivity index (χ2v) is 8.95. The number of nitrogens with one attached hydrogen (secondary N) is 2. The molecule has 1 amide bonds. The van der Waals surface area contributed by atoms with Gasteiger partial charge < -0.3 is 5.32 Å². The lowest BCUT2D eigenvalue weighted by atomic mass is 10.1. The third-order valence-corrected chi connectivity index (χ3v) is 6.22. The first-order valence-corrected chi connectivity index (χ1v) is 11.0. The van der Waals surface area contributed by atoms with Gasteiger partial charge in [0.05, 0.1) is 27.2 Å². The summed E-state index contributed by atoms with van der Waals surface area (Å²) in [4.78, 5) is 12.7. The van der Waals surface area contributed by atoms with Crippen molar-refractivity contribution in [2.45, 2.75) is 24.8 Å². The van der Waals surface area contributed by atoms with E-state index >= 15 is 0 Å². The highest BCUT2D eigenvalue weighted by atomic mass is 35.5. The molecule has 3 aromatic carbocycles. The molecule has 3 aromatic rings. The Balaban J connectivity index is 1.73. The van der Waals surface area contributed by atoms with E-state index in [2.05, 4.69) is 10.0 Å². The molecule has 0 aromatic heterocycles. The molecule has 1 atom stereocenters. The average Bonchev–Trinajstić information content (AvgIpc) is 2.68. The molecule has 0 saturated carbocycles. The van der Waals surface area contributed by atoms with Crippen molar-refractivity contribution in [3.05, 3.63) is 94.3 Å². The predicted octanol–water partition coefficient (Wildman–Crippen LogP) is 5.08. The molecular weight excluding hydrogens is 427 g/mol. The Hall–Kier alpha value is -2.90. The van der Waals surface area contributed by atoms with Crippen molar-refractivity contribution in [1.29, 1.82) is 0 Å². The standard InChI is InChI=1S/C22H20ClFN2O3S/c1-14-3-10-19(11-4-14)30(28,29)26-18-9-12-20(21(23)13-18)22(27)25-15(2)16-5-7-17(24)8-6-16/h3-13,15,26H,1-2H3,(H,25,27). The van der Waals surface area contributed by atoms with Crippen molar-refractivity contribution in [2.75, 3.05) is 4.72 Å². The predicted molar refractivity (Wildman–Crippen MR) is 116 cm³/mol. The molecule has 5 nitrogen and oxygen atoms in total. The minimum atomic E-state index is -3.78. The Bertz CT molecular complexity index is 1160. The molecule has 0 heterocycles. The van der Waals surface area contributed by atoms with Gasteiger partial charge in [0.15, 0.2) is 0 Å². The van der Waals surface area contributed by atoms with Crippen LogP contribution in [0.25, 0.3) is 0 Å². The van der Waals surface area contributed by atoms with E-state index in [0.29, 0.717) is 0 Å². The number of rotatable bonds is 6. The van der Waals surface area contributed by atoms with Crippen LogP contribution in [-0.4, -0.2) is 14.3 Å². The maximum Gasteiger partial charge on any atom is 0.261 e. The molecule has 8 heteroatoms. The van der Waals surface area contributed by atoms with Crippen molar-refractivity contribution < 1.29 is 17.6 Å². The SMILES string of the molecule is Cc1ccc(S(=O)(=O)Nc2ccc(C(=O)NC(C)c3ccc(F)cc3)c(Cl)c2)cc1. The molecule has 0 bridgehead atoms. The molecular formula is C22H20ClFN2O3S. The summed E-state index contributed by atoms with van der Waals surface area (Å²) in [6.07, 6.45) is 0. The Morgan fingerprint density at radius 2 is 1.63 bits per heavy atom. The number of aryl methyl sites for hydroxylation is 1. The number of amides is 1. The maximum atomic E-state index is 13.1. The van der Waals surface area contributed by atoms with Gasteiger partial charge in [-0.2, -0.15) is 0 Å². The third-order valence-electron chi connectivity index (χ3n) is 4.51. The molecule has 2 N–H and O–H groups in total. The second kappa shape index (κ2) is 8.85. The number of hydrogen-bond acceptors (Lipinski definition) is 3. The molecule has 3 rings (SSSR count). The minimum absolute atomic E-state index is 0.0999. The lowest BCUT2D eigenvalue weighted by Crippen LogP contribution is -2.27. The van der Waals surface area contributed by atoms with Crippen LogP contribution in [0.1, 0.15) is 34.5 Å². The minimum Gasteiger partial charge on any atom is -0.345 e. The summed E-state index contributed by atoms with van der Waals surface area (Å²) in [5.41, 5.74) is 2.12. The van der Waals surface area contributed by atoms with Gasteiger partial charge in [-0.15, -0.1) is 0 Å². The van der Waals surface area contributed by atoms with Gasteiger partial charge in [0.1, 0.15) is 5.82 Å². The normalized spacial score (nSPS) is 12.3. The van der Waals surface area contributed by atoms with E-state index in [0.717, 1.165) is 11.1 Å². The highest BCUT2D eigenvalue weighted by Crippen LogP contribution is 2.24. The summed E-state index contributed by atoms with van der Waals surface area (Å²) < 4.78 is 40.5. The molecule has 0 spiro atoms. The van der Waals surface area contributed by atoms with Crippen molar-refractivity contribution in [2.24, 2.45) is 0 Å². The highest BCUT2D eigenvalue weighted by Gasteiger charge is 2.18. The van der Waals surface area contributed by atoms with E-state index in [1.54, 1.807) is 31.2 Å². The summed E-state index contributed by atoms with van der Waals surface area (Å²) in [5.74, 6) is -0.784. The largest absolute Gasteiger partial charge is 0.345 e. The number of carbonyl (C=O) groups is 1. The van der Waals surface area contributed by atoms with E-state index in [1.165, 1.54) is 42.5 Å². The number of sulfonamides is 1. The van der Waals surface area contributed by atoms with Crippen LogP contribution >= 0.6 is 11.6 Å². The van der Waals surface area contributed by atoms with Crippen molar-refractivity contribution in [3.8, 4) is 0 Å². The molecule has 30 heavy (non-hydrogen) atoms. The van der Waals surface area contributed by atoms with E-state index < -0.39 is 15.9 Å². The summed E-state index contributed by atoms with van der Waals surface area (Å²) in [5, 5.41) is 2.89. The first-order valence-electron chi connectivity index (χ1n) is 9.11. The van der Waals surface area contributed by atoms with Gasteiger partial charge in [-0.3, -0.25) is 9.52 Å². The van der Waals surface area contributed by atoms with Gasteiger partial charge in [-0.05, 0) is 61.9 Å². The molecule has 0 fully saturated rings. The quantitative estimate of drug-likeness (QED) is 0.554. The number of carbonyl (C=O) groups excluding carboxylic acids is 1. The number of hydrogen-bond donors (Lipinski definition) is 2. The van der Waals surface area contributed by atoms with Crippen LogP contribution in [0.15, 0.2) is 71.6 Å². The van der Waals surface area contributed by atoms with Gasteiger partial charge in [-0.1, -0.05) is 41.4 Å². The molecule has 0 saturated heterocycles. The molecule has 0 aliphatic carbocycles. The van der Waals surface area contributed by atoms with Crippen LogP contribution in [0.2, 0.25) is 5.02 Å². The summed E-state index contributed by atoms with van der Waals surface area (Å²) >= 11 is 6.22. The van der Waals surface area contributed by atoms with Crippen LogP contribution in [0.5, 0.6) is 0 Å². The van der Waals surface area contributed by atoms with Crippen LogP contribution in [0.3, 0.4) is 0 Å². The Morgan fingerprint density at radius 1 is 1.00 bits per heavy atom. The molecule has 0 radical (unpaired) electrons. The monoisotopic (exact) mass is 446 g/mol. The topological polar surface area (TPSA) is 75.3 Å². The fourth-order valence-corrected chi connectivity index (χ4v) is 4.12. The zero-order chi connectivity index (χ0) is 21.9. The number of halogens is 2. The van der Waals surface area contributed by atoms with E-state index in [1.807, 2.05) is 6.92 Å². The second-order valence-electron chi connectivity index (χ2n) is 6.86. The zero-order valence-electron chi connectivity index (χ0n) is 16.3. The smallest absolute Gasteiger partial charge is 0.261 e. The number of anilines is 1. The van der Waals surface area contributed by atoms with Crippen LogP contribution in [0.4, 0.5) is 10.1 Å². The van der Waals surface area contributed by atoms with Crippen molar-refractivity contribution >= 4 is 33.2 Å². The van der Waals surface area contributed by atoms with Gasteiger partial charge in [0.2, 0.25) is 0 Å². The van der Waals surface area contributed by atoms with Crippen molar-refractivity contribution in [1.82, 2.24) is 5.32 Å². The van der Waals surface area contributed by atoms with Crippen LogP contribution < -0.4 is 10.0 Å². The summed E-state index contributed by atoms with van der Waals surface area (Å²) in [7, 11) is -3.78. The molecule has 156 valence electrons. The first-order chi connectivity index (χ1) is 14.2. The number of benzene rings is 3. The van der Waals surface area contributed by atoms with Gasteiger partial charge >= 0.3 is 0 Å². The fraction of sp³-hybridized carbons (Fsp3) is 0.136. The highest BCUT2D eigenvalue weighted by molar-refractivity contribution is 7.92. The third kappa shape index (κ3) is 5.17. The van der Waals surface area contributed by atoms with Crippen LogP contribution in [0, 0.1) is 12.7 Å². The van der Waals surface area contributed by atoms with Gasteiger partial charge in [-0.25, -0.2) is 12.8 Å². The zero-order valence-corrected chi connectivity index (χ0v) is 17.9. The lowest BCUT2D eigenvalue weighted by molar-refractivity contribution is 0.0940. The summed E-state index contributed by atoms with van der Waals surface area (Å²) in [6, 6.07) is 16.2. The van der Waals surface area contributed by atoms with Gasteiger partial charge in [0, 0.05) is 0 Å². The summed E-state index contributed by atoms with van der Waals surface area (Å²) in [6.45, 7) is 3.63. The molecule has 0 aliphatic rings. The fourth-order valence-electron chi connectivity index (χ4n) is 2.80. The average molecular weight is 447 g/mol. The van der Waals surface area contributed by atoms with Gasteiger partial charge in [0.25, 0.3) is 15.9 Å².